The van der Waals surface area contributed by atoms with E-state index in [4.69, 9.17) is 9.47 Å². The minimum atomic E-state index is -2.71. The molecule has 11 nitrogen and oxygen atoms in total. The molecule has 0 bridgehead atoms. The summed E-state index contributed by atoms with van der Waals surface area (Å²) >= 11 is 0. The first-order valence-corrected chi connectivity index (χ1v) is 22.6. The predicted molar refractivity (Wildman–Crippen MR) is 236 cm³/mol. The summed E-state index contributed by atoms with van der Waals surface area (Å²) in [6, 6.07) is 9.54. The van der Waals surface area contributed by atoms with Crippen LogP contribution in [0.4, 0.5) is 26.3 Å². The van der Waals surface area contributed by atoms with Gasteiger partial charge in [-0.1, -0.05) is 13.8 Å². The molecule has 2 saturated heterocycles. The summed E-state index contributed by atoms with van der Waals surface area (Å²) in [5, 5.41) is 4.22. The van der Waals surface area contributed by atoms with Crippen molar-refractivity contribution in [3.63, 3.8) is 0 Å². The fourth-order valence-corrected chi connectivity index (χ4v) is 9.91. The number of carbonyl (C=O) groups is 3. The van der Waals surface area contributed by atoms with Crippen LogP contribution in [0.2, 0.25) is 0 Å². The summed E-state index contributed by atoms with van der Waals surface area (Å²) in [7, 11) is 2.70. The van der Waals surface area contributed by atoms with E-state index in [9.17, 15) is 40.7 Å². The van der Waals surface area contributed by atoms with E-state index in [2.05, 4.69) is 38.1 Å². The first-order valence-electron chi connectivity index (χ1n) is 22.6. The molecule has 2 aliphatic carbocycles. The molecule has 2 saturated carbocycles. The van der Waals surface area contributed by atoms with Gasteiger partial charge in [-0.3, -0.25) is 9.69 Å². The molecule has 2 aromatic heterocycles. The standard InChI is InChI=1S/C23H29F3N2O3.C19H22FNO3.C4H7F2NO.C2H6/c1-13(15-4-7-17(8-5-15)27-11-18(12-27)31-23(25)26)28-14(2)21(22(29)30-3)19-9-6-16(24)10-20(19)28;1-11(13-4-7-15(22)8-5-13)21-12(2)18(19(23)24-3)16-9-6-14(20)10-17(16)21;5-4(6)8-3-1-7-2-3;1-2/h6,9-10,13,15,17-18,23H,4-5,7-8,11-12H2,1-3H3;6,9-11,13H,4-5,7-8H2,1-3H3;3-4,7H,1-2H2;1-2H3/t13-,15?,17?;11-;;/m11../s1. The van der Waals surface area contributed by atoms with Gasteiger partial charge in [-0.15, -0.1) is 0 Å². The van der Waals surface area contributed by atoms with Crippen LogP contribution >= 0.6 is 0 Å². The van der Waals surface area contributed by atoms with Gasteiger partial charge in [0.1, 0.15) is 17.4 Å². The van der Waals surface area contributed by atoms with Crippen LogP contribution < -0.4 is 5.32 Å². The molecule has 2 aliphatic heterocycles. The summed E-state index contributed by atoms with van der Waals surface area (Å²) in [4.78, 5) is 38.4. The Bertz CT molecular complexity index is 2220. The normalized spacial score (nSPS) is 20.5. The molecule has 4 heterocycles. The van der Waals surface area contributed by atoms with Crippen LogP contribution in [0.1, 0.15) is 123 Å². The molecule has 4 fully saturated rings. The fourth-order valence-electron chi connectivity index (χ4n) is 9.91. The molecule has 0 spiro atoms. The molecule has 17 heteroatoms. The lowest BCUT2D eigenvalue weighted by molar-refractivity contribution is -0.202. The average Bonchev–Trinajstić information content (AvgIpc) is 3.71. The molecule has 8 rings (SSSR count). The fraction of sp³-hybridized carbons (Fsp3) is 0.604. The van der Waals surface area contributed by atoms with E-state index in [1.54, 1.807) is 12.1 Å². The van der Waals surface area contributed by atoms with E-state index in [1.165, 1.54) is 38.5 Å². The van der Waals surface area contributed by atoms with Crippen LogP contribution in [-0.2, 0) is 23.7 Å². The number of methoxy groups -OCH3 is 2. The third-order valence-electron chi connectivity index (χ3n) is 13.4. The highest BCUT2D eigenvalue weighted by Crippen LogP contribution is 2.41. The van der Waals surface area contributed by atoms with Crippen molar-refractivity contribution in [3.8, 4) is 0 Å². The smallest absolute Gasteiger partial charge is 0.345 e. The largest absolute Gasteiger partial charge is 0.465 e. The third-order valence-corrected chi connectivity index (χ3v) is 13.4. The Morgan fingerprint density at radius 1 is 0.662 bits per heavy atom. The molecule has 0 amide bonds. The van der Waals surface area contributed by atoms with Gasteiger partial charge in [-0.2, -0.15) is 17.6 Å². The second kappa shape index (κ2) is 23.3. The number of carbonyl (C=O) groups excluding carboxylic acids is 3. The topological polar surface area (TPSA) is 113 Å². The Morgan fingerprint density at radius 2 is 1.08 bits per heavy atom. The van der Waals surface area contributed by atoms with E-state index in [-0.39, 0.29) is 35.9 Å². The van der Waals surface area contributed by atoms with Crippen LogP contribution in [0.3, 0.4) is 0 Å². The van der Waals surface area contributed by atoms with Gasteiger partial charge in [0.2, 0.25) is 0 Å². The zero-order valence-corrected chi connectivity index (χ0v) is 38.6. The quantitative estimate of drug-likeness (QED) is 0.116. The van der Waals surface area contributed by atoms with Crippen LogP contribution in [0.5, 0.6) is 0 Å². The maximum Gasteiger partial charge on any atom is 0.345 e. The molecule has 2 aromatic carbocycles. The molecule has 0 unspecified atom stereocenters. The van der Waals surface area contributed by atoms with E-state index in [1.807, 2.05) is 32.3 Å². The number of aromatic nitrogens is 2. The Labute approximate surface area is 377 Å². The van der Waals surface area contributed by atoms with Gasteiger partial charge in [0.15, 0.2) is 0 Å². The summed E-state index contributed by atoms with van der Waals surface area (Å²) in [6.07, 6.45) is 6.22. The predicted octanol–water partition coefficient (Wildman–Crippen LogP) is 10.3. The summed E-state index contributed by atoms with van der Waals surface area (Å²) < 4.78 is 97.7. The molecule has 2 atom stereocenters. The maximum atomic E-state index is 14.1. The zero-order valence-electron chi connectivity index (χ0n) is 38.6. The molecule has 1 N–H and O–H groups in total. The Kier molecular flexibility index (Phi) is 18.5. The first-order chi connectivity index (χ1) is 31.0. The summed E-state index contributed by atoms with van der Waals surface area (Å²) in [5.41, 5.74) is 3.97. The maximum absolute atomic E-state index is 14.1. The molecule has 360 valence electrons. The number of halogens is 6. The van der Waals surface area contributed by atoms with E-state index >= 15 is 0 Å². The van der Waals surface area contributed by atoms with Gasteiger partial charge in [0.05, 0.1) is 48.6 Å². The number of nitrogens with one attached hydrogen (secondary N) is 1. The minimum Gasteiger partial charge on any atom is -0.465 e. The Balaban J connectivity index is 0.000000206. The highest BCUT2D eigenvalue weighted by atomic mass is 19.3. The minimum absolute atomic E-state index is 0.0841. The van der Waals surface area contributed by atoms with Crippen molar-refractivity contribution in [2.24, 2.45) is 11.8 Å². The third kappa shape index (κ3) is 12.1. The molecule has 4 aromatic rings. The number of ether oxygens (including phenoxy) is 4. The van der Waals surface area contributed by atoms with Crippen molar-refractivity contribution in [3.05, 3.63) is 70.5 Å². The number of benzene rings is 2. The van der Waals surface area contributed by atoms with Crippen molar-refractivity contribution >= 4 is 39.5 Å². The summed E-state index contributed by atoms with van der Waals surface area (Å²) in [5.74, 6) is -0.454. The van der Waals surface area contributed by atoms with Crippen molar-refractivity contribution < 1.29 is 59.7 Å². The second-order valence-electron chi connectivity index (χ2n) is 17.0. The highest BCUT2D eigenvalue weighted by molar-refractivity contribution is 6.06. The number of rotatable bonds is 11. The number of likely N-dealkylation sites (tertiary alicyclic amines) is 1. The number of nitrogens with zero attached hydrogens (tertiary/aromatic N) is 3. The van der Waals surface area contributed by atoms with Crippen LogP contribution in [0.15, 0.2) is 36.4 Å². The van der Waals surface area contributed by atoms with Crippen molar-refractivity contribution in [1.29, 1.82) is 0 Å². The number of hydrogen-bond donors (Lipinski definition) is 1. The Hall–Kier alpha value is -4.45. The second-order valence-corrected chi connectivity index (χ2v) is 17.0. The van der Waals surface area contributed by atoms with E-state index in [0.29, 0.717) is 95.6 Å². The molecule has 0 radical (unpaired) electrons. The lowest BCUT2D eigenvalue weighted by Gasteiger charge is -2.46. The molecular weight excluding hydrogens is 859 g/mol. The Morgan fingerprint density at radius 3 is 1.45 bits per heavy atom. The summed E-state index contributed by atoms with van der Waals surface area (Å²) in [6.45, 7) is 8.90. The number of ketones is 1. The molecular formula is C48H64F6N4O7. The molecule has 4 aliphatic rings. The zero-order chi connectivity index (χ0) is 47.7. The lowest BCUT2D eigenvalue weighted by Crippen LogP contribution is -2.57. The molecule has 65 heavy (non-hydrogen) atoms. The SMILES string of the molecule is CC.COC(=O)c1c(C)n([C@H](C)C2CCC(=O)CC2)c2cc(F)ccc12.COC(=O)c1c(C)n([C@H](C)C2CCC(N3CC(OC(F)F)C3)CC2)c2cc(F)ccc12.FC(F)OC1CNC1. The number of Topliss-reactive ketones (excluding diaryl/α,β-unsaturated/α-hetero) is 1. The van der Waals surface area contributed by atoms with Gasteiger partial charge in [-0.25, -0.2) is 18.4 Å². The lowest BCUT2D eigenvalue weighted by atomic mass is 9.80. The van der Waals surface area contributed by atoms with Gasteiger partial charge in [0, 0.05) is 79.3 Å². The highest BCUT2D eigenvalue weighted by Gasteiger charge is 2.38. The van der Waals surface area contributed by atoms with Crippen molar-refractivity contribution in [2.45, 2.75) is 136 Å². The number of fused-ring (bicyclic) bond motifs is 2. The number of alkyl halides is 4. The van der Waals surface area contributed by atoms with Gasteiger partial charge >= 0.3 is 25.2 Å². The van der Waals surface area contributed by atoms with E-state index < -0.39 is 25.2 Å². The number of hydrogen-bond acceptors (Lipinski definition) is 9. The van der Waals surface area contributed by atoms with Crippen LogP contribution in [-0.4, -0.2) is 104 Å². The monoisotopic (exact) mass is 922 g/mol. The number of esters is 2. The first kappa shape index (κ1) is 51.5. The van der Waals surface area contributed by atoms with Crippen LogP contribution in [0.25, 0.3) is 21.8 Å². The van der Waals surface area contributed by atoms with Gasteiger partial charge in [0.25, 0.3) is 0 Å². The van der Waals surface area contributed by atoms with Crippen LogP contribution in [0, 0.1) is 37.3 Å². The van der Waals surface area contributed by atoms with Crippen molar-refractivity contribution in [1.82, 2.24) is 19.4 Å². The van der Waals surface area contributed by atoms with Crippen molar-refractivity contribution in [2.75, 3.05) is 40.4 Å². The van der Waals surface area contributed by atoms with Gasteiger partial charge < -0.3 is 33.4 Å². The van der Waals surface area contributed by atoms with Gasteiger partial charge in [-0.05, 0) is 114 Å². The average molecular weight is 923 g/mol. The van der Waals surface area contributed by atoms with E-state index in [0.717, 1.165) is 49.9 Å².